The molecule has 0 spiro atoms. The smallest absolute Gasteiger partial charge is 0.162 e. The molecule has 0 N–H and O–H groups in total. The van der Waals surface area contributed by atoms with E-state index < -0.39 is 0 Å². The lowest BCUT2D eigenvalue weighted by molar-refractivity contribution is 0.414. The van der Waals surface area contributed by atoms with Crippen LogP contribution >= 0.6 is 47.2 Å². The maximum atomic E-state index is 6.11. The van der Waals surface area contributed by atoms with Crippen LogP contribution < -0.4 is 14.8 Å². The number of benzene rings is 3. The Labute approximate surface area is 183 Å². The highest BCUT2D eigenvalue weighted by Crippen LogP contribution is 2.47. The van der Waals surface area contributed by atoms with Crippen molar-refractivity contribution >= 4 is 62.9 Å². The first-order valence-corrected chi connectivity index (χ1v) is 10.6. The third-order valence-corrected chi connectivity index (χ3v) is 6.42. The normalized spacial score (nSPS) is 16.5. The number of thiocarbonyl (C=S) groups is 1. The summed E-state index contributed by atoms with van der Waals surface area (Å²) >= 11 is 19.6. The molecule has 0 amide bonds. The highest BCUT2D eigenvalue weighted by molar-refractivity contribution is 8.24. The molecule has 0 aromatic heterocycles. The van der Waals surface area contributed by atoms with Crippen molar-refractivity contribution in [2.24, 2.45) is 0 Å². The molecule has 3 nitrogen and oxygen atoms in total. The van der Waals surface area contributed by atoms with Crippen LogP contribution in [-0.2, 0) is 0 Å². The molecule has 7 heteroatoms. The zero-order valence-electron chi connectivity index (χ0n) is 14.9. The summed E-state index contributed by atoms with van der Waals surface area (Å²) in [6.07, 6.45) is 0. The van der Waals surface area contributed by atoms with Gasteiger partial charge in [0, 0.05) is 10.0 Å². The maximum Gasteiger partial charge on any atom is 0.162 e. The van der Waals surface area contributed by atoms with Crippen LogP contribution in [0.1, 0.15) is 10.9 Å². The van der Waals surface area contributed by atoms with Crippen molar-refractivity contribution in [3.8, 4) is 5.75 Å². The molecule has 1 unspecified atom stereocenters. The molecule has 28 heavy (non-hydrogen) atoms. The van der Waals surface area contributed by atoms with Crippen molar-refractivity contribution in [3.05, 3.63) is 88.4 Å². The van der Waals surface area contributed by atoms with Crippen molar-refractivity contribution in [2.45, 2.75) is 5.37 Å². The van der Waals surface area contributed by atoms with Gasteiger partial charge in [0.05, 0.1) is 18.5 Å². The molecule has 0 bridgehead atoms. The minimum atomic E-state index is -0.0183. The Morgan fingerprint density at radius 3 is 1.89 bits per heavy atom. The molecule has 4 rings (SSSR count). The predicted molar refractivity (Wildman–Crippen MR) is 124 cm³/mol. The Balaban J connectivity index is 1.79. The van der Waals surface area contributed by atoms with E-state index in [0.717, 1.165) is 27.0 Å². The highest BCUT2D eigenvalue weighted by atomic mass is 35.5. The van der Waals surface area contributed by atoms with Gasteiger partial charge in [0.1, 0.15) is 11.1 Å². The summed E-state index contributed by atoms with van der Waals surface area (Å²) in [5.74, 6) is 0.821. The number of hydrazine groups is 1. The molecule has 142 valence electrons. The monoisotopic (exact) mass is 446 g/mol. The van der Waals surface area contributed by atoms with E-state index >= 15 is 0 Å². The Kier molecular flexibility index (Phi) is 5.69. The Morgan fingerprint density at radius 2 is 1.36 bits per heavy atom. The van der Waals surface area contributed by atoms with Gasteiger partial charge in [-0.1, -0.05) is 59.3 Å². The first kappa shape index (κ1) is 19.4. The van der Waals surface area contributed by atoms with Crippen LogP contribution in [0.3, 0.4) is 0 Å². The second-order valence-corrected chi connectivity index (χ2v) is 8.71. The summed E-state index contributed by atoms with van der Waals surface area (Å²) < 4.78 is 6.06. The molecule has 0 aliphatic carbocycles. The van der Waals surface area contributed by atoms with Crippen LogP contribution in [0.25, 0.3) is 0 Å². The van der Waals surface area contributed by atoms with Crippen molar-refractivity contribution in [1.82, 2.24) is 0 Å². The van der Waals surface area contributed by atoms with E-state index in [0.29, 0.717) is 10.0 Å². The quantitative estimate of drug-likeness (QED) is 0.401. The molecule has 1 atom stereocenters. The maximum absolute atomic E-state index is 6.11. The van der Waals surface area contributed by atoms with E-state index in [9.17, 15) is 0 Å². The van der Waals surface area contributed by atoms with Crippen LogP contribution in [0.5, 0.6) is 5.75 Å². The van der Waals surface area contributed by atoms with Gasteiger partial charge in [-0.3, -0.25) is 5.01 Å². The summed E-state index contributed by atoms with van der Waals surface area (Å²) in [4.78, 5) is 0. The van der Waals surface area contributed by atoms with E-state index in [-0.39, 0.29) is 5.37 Å². The summed E-state index contributed by atoms with van der Waals surface area (Å²) in [5, 5.41) is 5.57. The lowest BCUT2D eigenvalue weighted by Gasteiger charge is -2.34. The molecular formula is C21H16Cl2N2OS2. The van der Waals surface area contributed by atoms with Crippen LogP contribution in [-0.4, -0.2) is 11.4 Å². The first-order chi connectivity index (χ1) is 13.6. The Morgan fingerprint density at radius 1 is 0.821 bits per heavy atom. The van der Waals surface area contributed by atoms with E-state index in [1.54, 1.807) is 18.9 Å². The number of halogens is 2. The average molecular weight is 447 g/mol. The van der Waals surface area contributed by atoms with Gasteiger partial charge < -0.3 is 4.74 Å². The molecule has 0 radical (unpaired) electrons. The number of rotatable bonds is 4. The van der Waals surface area contributed by atoms with Gasteiger partial charge in [-0.25, -0.2) is 5.01 Å². The minimum Gasteiger partial charge on any atom is -0.497 e. The topological polar surface area (TPSA) is 15.7 Å². The summed E-state index contributed by atoms with van der Waals surface area (Å²) in [5.41, 5.74) is 3.07. The largest absolute Gasteiger partial charge is 0.497 e. The second-order valence-electron chi connectivity index (χ2n) is 6.12. The molecule has 3 aromatic rings. The first-order valence-electron chi connectivity index (χ1n) is 8.52. The number of hydrogen-bond acceptors (Lipinski definition) is 4. The van der Waals surface area contributed by atoms with Crippen LogP contribution in [0.2, 0.25) is 10.0 Å². The zero-order chi connectivity index (χ0) is 19.7. The summed E-state index contributed by atoms with van der Waals surface area (Å²) in [7, 11) is 1.66. The molecule has 3 aromatic carbocycles. The van der Waals surface area contributed by atoms with E-state index in [1.807, 2.05) is 65.7 Å². The molecule has 1 aliphatic rings. The lowest BCUT2D eigenvalue weighted by atomic mass is 10.2. The standard InChI is InChI=1S/C21H16Cl2N2OS2/c1-26-19-12-2-14(3-13-19)20-24(17-8-4-15(22)5-9-17)25(21(27)28-20)18-10-6-16(23)7-11-18/h2-13,20H,1H3. The van der Waals surface area contributed by atoms with Gasteiger partial charge in [0.25, 0.3) is 0 Å². The summed E-state index contributed by atoms with van der Waals surface area (Å²) in [6, 6.07) is 23.5. The van der Waals surface area contributed by atoms with E-state index in [2.05, 4.69) is 17.1 Å². The van der Waals surface area contributed by atoms with E-state index in [4.69, 9.17) is 40.2 Å². The highest BCUT2D eigenvalue weighted by Gasteiger charge is 2.38. The van der Waals surface area contributed by atoms with Crippen molar-refractivity contribution in [3.63, 3.8) is 0 Å². The van der Waals surface area contributed by atoms with Gasteiger partial charge in [-0.15, -0.1) is 0 Å². The molecule has 1 heterocycles. The summed E-state index contributed by atoms with van der Waals surface area (Å²) in [6.45, 7) is 0. The Hall–Kier alpha value is -1.92. The van der Waals surface area contributed by atoms with Gasteiger partial charge in [-0.05, 0) is 66.2 Å². The molecule has 1 aliphatic heterocycles. The Bertz CT molecular complexity index is 979. The van der Waals surface area contributed by atoms with Crippen molar-refractivity contribution in [2.75, 3.05) is 17.1 Å². The molecule has 1 saturated heterocycles. The number of anilines is 2. The number of thioether (sulfide) groups is 1. The number of methoxy groups -OCH3 is 1. The lowest BCUT2D eigenvalue weighted by Crippen LogP contribution is -2.39. The van der Waals surface area contributed by atoms with Crippen molar-refractivity contribution < 1.29 is 4.74 Å². The fourth-order valence-electron chi connectivity index (χ4n) is 3.02. The van der Waals surface area contributed by atoms with Gasteiger partial charge >= 0.3 is 0 Å². The molecule has 1 fully saturated rings. The van der Waals surface area contributed by atoms with Gasteiger partial charge in [0.2, 0.25) is 0 Å². The van der Waals surface area contributed by atoms with Crippen LogP contribution in [0.4, 0.5) is 11.4 Å². The second kappa shape index (κ2) is 8.21. The number of ether oxygens (including phenoxy) is 1. The SMILES string of the molecule is COc1ccc(C2SC(=S)N(c3ccc(Cl)cc3)N2c2ccc(Cl)cc2)cc1. The number of nitrogens with zero attached hydrogens (tertiary/aromatic N) is 2. The number of hydrogen-bond donors (Lipinski definition) is 0. The molecular weight excluding hydrogens is 431 g/mol. The van der Waals surface area contributed by atoms with Crippen molar-refractivity contribution in [1.29, 1.82) is 0 Å². The zero-order valence-corrected chi connectivity index (χ0v) is 18.0. The minimum absolute atomic E-state index is 0.0183. The van der Waals surface area contributed by atoms with E-state index in [1.165, 1.54) is 0 Å². The van der Waals surface area contributed by atoms with Crippen LogP contribution in [0.15, 0.2) is 72.8 Å². The third kappa shape index (κ3) is 3.80. The predicted octanol–water partition coefficient (Wildman–Crippen LogP) is 6.96. The van der Waals surface area contributed by atoms with Crippen LogP contribution in [0, 0.1) is 0 Å². The fraction of sp³-hybridized carbons (Fsp3) is 0.0952. The average Bonchev–Trinajstić information content (AvgIpc) is 3.06. The molecule has 0 saturated carbocycles. The fourth-order valence-corrected chi connectivity index (χ4v) is 4.83. The van der Waals surface area contributed by atoms with Gasteiger partial charge in [-0.2, -0.15) is 0 Å². The van der Waals surface area contributed by atoms with Gasteiger partial charge in [0.15, 0.2) is 4.32 Å². The third-order valence-electron chi connectivity index (χ3n) is 4.39.